The molecule has 4 heteroatoms. The van der Waals surface area contributed by atoms with Gasteiger partial charge in [-0.05, 0) is 29.5 Å². The number of imidazole rings is 1. The summed E-state index contributed by atoms with van der Waals surface area (Å²) in [5.74, 6) is 0.934. The van der Waals surface area contributed by atoms with Crippen molar-refractivity contribution in [1.82, 2.24) is 14.5 Å². The normalized spacial score (nSPS) is 12.0. The molecule has 0 atom stereocenters. The third-order valence-corrected chi connectivity index (χ3v) is 4.08. The number of aryl methyl sites for hydroxylation is 1. The van der Waals surface area contributed by atoms with Gasteiger partial charge in [0.1, 0.15) is 11.3 Å². The molecule has 23 heavy (non-hydrogen) atoms. The molecule has 0 aliphatic rings. The summed E-state index contributed by atoms with van der Waals surface area (Å²) in [6.07, 6.45) is 1.88. The van der Waals surface area contributed by atoms with Crippen molar-refractivity contribution in [3.8, 4) is 11.4 Å². The van der Waals surface area contributed by atoms with E-state index < -0.39 is 0 Å². The van der Waals surface area contributed by atoms with Crippen LogP contribution in [0.4, 0.5) is 0 Å². The van der Waals surface area contributed by atoms with Crippen molar-refractivity contribution in [3.05, 3.63) is 47.7 Å². The van der Waals surface area contributed by atoms with Gasteiger partial charge in [0.25, 0.3) is 0 Å². The molecular weight excluding hydrogens is 284 g/mol. The molecule has 2 N–H and O–H groups in total. The lowest BCUT2D eigenvalue weighted by Gasteiger charge is -2.19. The molecule has 4 nitrogen and oxygen atoms in total. The summed E-state index contributed by atoms with van der Waals surface area (Å²) in [5, 5.41) is 0. The van der Waals surface area contributed by atoms with Gasteiger partial charge in [-0.3, -0.25) is 0 Å². The predicted molar refractivity (Wildman–Crippen MR) is 95.5 cm³/mol. The van der Waals surface area contributed by atoms with Gasteiger partial charge in [-0.25, -0.2) is 9.97 Å². The van der Waals surface area contributed by atoms with Gasteiger partial charge in [-0.2, -0.15) is 0 Å². The smallest absolute Gasteiger partial charge is 0.160 e. The second-order valence-electron chi connectivity index (χ2n) is 7.06. The summed E-state index contributed by atoms with van der Waals surface area (Å²) in [4.78, 5) is 9.35. The number of nitrogens with two attached hydrogens (primary N) is 1. The van der Waals surface area contributed by atoms with Crippen LogP contribution in [0, 0.1) is 6.92 Å². The summed E-state index contributed by atoms with van der Waals surface area (Å²) in [6, 6.07) is 10.7. The number of fused-ring (bicyclic) bond motifs is 1. The molecule has 0 fully saturated rings. The van der Waals surface area contributed by atoms with E-state index in [2.05, 4.69) is 60.7 Å². The monoisotopic (exact) mass is 308 g/mol. The molecular formula is C19H24N4. The van der Waals surface area contributed by atoms with Crippen LogP contribution in [-0.4, -0.2) is 21.1 Å². The van der Waals surface area contributed by atoms with Crippen molar-refractivity contribution in [3.63, 3.8) is 0 Å². The Bertz CT molecular complexity index is 823. The lowest BCUT2D eigenvalue weighted by Crippen LogP contribution is -2.12. The maximum atomic E-state index is 5.79. The summed E-state index contributed by atoms with van der Waals surface area (Å²) in [5.41, 5.74) is 11.3. The van der Waals surface area contributed by atoms with E-state index in [4.69, 9.17) is 10.7 Å². The molecule has 0 amide bonds. The van der Waals surface area contributed by atoms with Gasteiger partial charge in [0.05, 0.1) is 0 Å². The molecule has 120 valence electrons. The number of aromatic nitrogens is 3. The lowest BCUT2D eigenvalue weighted by molar-refractivity contribution is 0.590. The highest BCUT2D eigenvalue weighted by atomic mass is 15.1. The molecule has 2 heterocycles. The molecule has 1 aromatic carbocycles. The zero-order chi connectivity index (χ0) is 16.6. The standard InChI is InChI=1S/C19H24N4/c1-13-11-16-18(21-12-13)23(10-9-20)17(22-16)14-5-7-15(8-6-14)19(2,3)4/h5-8,11-12H,9-10,20H2,1-4H3. The van der Waals surface area contributed by atoms with E-state index >= 15 is 0 Å². The Morgan fingerprint density at radius 1 is 1.13 bits per heavy atom. The summed E-state index contributed by atoms with van der Waals surface area (Å²) >= 11 is 0. The highest BCUT2D eigenvalue weighted by Crippen LogP contribution is 2.27. The molecule has 0 unspecified atom stereocenters. The molecule has 0 bridgehead atoms. The molecule has 2 aromatic heterocycles. The zero-order valence-corrected chi connectivity index (χ0v) is 14.3. The number of nitrogens with zero attached hydrogens (tertiary/aromatic N) is 3. The minimum absolute atomic E-state index is 0.147. The average Bonchev–Trinajstić information content (AvgIpc) is 2.85. The minimum atomic E-state index is 0.147. The fraction of sp³-hybridized carbons (Fsp3) is 0.368. The number of pyridine rings is 1. The van der Waals surface area contributed by atoms with Crippen LogP contribution in [0.3, 0.4) is 0 Å². The van der Waals surface area contributed by atoms with Crippen molar-refractivity contribution in [2.45, 2.75) is 39.7 Å². The van der Waals surface area contributed by atoms with Crippen molar-refractivity contribution < 1.29 is 0 Å². The van der Waals surface area contributed by atoms with Crippen LogP contribution in [0.5, 0.6) is 0 Å². The van der Waals surface area contributed by atoms with Crippen LogP contribution in [0.1, 0.15) is 31.9 Å². The second-order valence-corrected chi connectivity index (χ2v) is 7.06. The Kier molecular flexibility index (Phi) is 3.94. The Hall–Kier alpha value is -2.20. The van der Waals surface area contributed by atoms with E-state index in [9.17, 15) is 0 Å². The van der Waals surface area contributed by atoms with Gasteiger partial charge < -0.3 is 10.3 Å². The molecule has 0 aliphatic carbocycles. The van der Waals surface area contributed by atoms with E-state index in [-0.39, 0.29) is 5.41 Å². The van der Waals surface area contributed by atoms with Gasteiger partial charge in [0.15, 0.2) is 5.65 Å². The first-order valence-electron chi connectivity index (χ1n) is 8.04. The molecule has 3 aromatic rings. The molecule has 0 saturated heterocycles. The molecule has 0 aliphatic heterocycles. The second kappa shape index (κ2) is 5.78. The number of hydrogen-bond donors (Lipinski definition) is 1. The van der Waals surface area contributed by atoms with E-state index in [1.54, 1.807) is 0 Å². The van der Waals surface area contributed by atoms with E-state index in [1.165, 1.54) is 5.56 Å². The largest absolute Gasteiger partial charge is 0.329 e. The van der Waals surface area contributed by atoms with Crippen molar-refractivity contribution in [2.75, 3.05) is 6.54 Å². The molecule has 0 radical (unpaired) electrons. The molecule has 0 saturated carbocycles. The molecule has 3 rings (SSSR count). The Labute approximate surface area is 137 Å². The first kappa shape index (κ1) is 15.7. The van der Waals surface area contributed by atoms with Crippen LogP contribution < -0.4 is 5.73 Å². The maximum Gasteiger partial charge on any atom is 0.160 e. The van der Waals surface area contributed by atoms with Crippen LogP contribution in [-0.2, 0) is 12.0 Å². The number of hydrogen-bond acceptors (Lipinski definition) is 3. The SMILES string of the molecule is Cc1cnc2c(c1)nc(-c1ccc(C(C)(C)C)cc1)n2CCN. The van der Waals surface area contributed by atoms with Crippen LogP contribution in [0.2, 0.25) is 0 Å². The van der Waals surface area contributed by atoms with Crippen LogP contribution >= 0.6 is 0 Å². The number of rotatable bonds is 3. The zero-order valence-electron chi connectivity index (χ0n) is 14.3. The van der Waals surface area contributed by atoms with E-state index in [1.807, 2.05) is 13.1 Å². The summed E-state index contributed by atoms with van der Waals surface area (Å²) in [7, 11) is 0. The molecule has 0 spiro atoms. The Balaban J connectivity index is 2.13. The van der Waals surface area contributed by atoms with Crippen molar-refractivity contribution in [2.24, 2.45) is 5.73 Å². The predicted octanol–water partition coefficient (Wildman–Crippen LogP) is 3.66. The van der Waals surface area contributed by atoms with Crippen molar-refractivity contribution >= 4 is 11.2 Å². The van der Waals surface area contributed by atoms with Gasteiger partial charge in [0.2, 0.25) is 0 Å². The van der Waals surface area contributed by atoms with Gasteiger partial charge in [-0.1, -0.05) is 45.0 Å². The topological polar surface area (TPSA) is 56.7 Å². The highest BCUT2D eigenvalue weighted by molar-refractivity contribution is 5.77. The van der Waals surface area contributed by atoms with Crippen LogP contribution in [0.25, 0.3) is 22.6 Å². The first-order valence-corrected chi connectivity index (χ1v) is 8.04. The van der Waals surface area contributed by atoms with Gasteiger partial charge >= 0.3 is 0 Å². The fourth-order valence-corrected chi connectivity index (χ4v) is 2.79. The highest BCUT2D eigenvalue weighted by Gasteiger charge is 2.16. The summed E-state index contributed by atoms with van der Waals surface area (Å²) in [6.45, 7) is 9.97. The van der Waals surface area contributed by atoms with E-state index in [0.717, 1.165) is 28.1 Å². The third kappa shape index (κ3) is 2.99. The first-order chi connectivity index (χ1) is 10.9. The van der Waals surface area contributed by atoms with Gasteiger partial charge in [-0.15, -0.1) is 0 Å². The Morgan fingerprint density at radius 3 is 2.43 bits per heavy atom. The lowest BCUT2D eigenvalue weighted by atomic mass is 9.87. The van der Waals surface area contributed by atoms with Crippen molar-refractivity contribution in [1.29, 1.82) is 0 Å². The fourth-order valence-electron chi connectivity index (χ4n) is 2.79. The van der Waals surface area contributed by atoms with Gasteiger partial charge in [0, 0.05) is 24.8 Å². The van der Waals surface area contributed by atoms with Crippen LogP contribution in [0.15, 0.2) is 36.5 Å². The minimum Gasteiger partial charge on any atom is -0.329 e. The Morgan fingerprint density at radius 2 is 1.83 bits per heavy atom. The quantitative estimate of drug-likeness (QED) is 0.803. The maximum absolute atomic E-state index is 5.79. The summed E-state index contributed by atoms with van der Waals surface area (Å²) < 4.78 is 2.11. The third-order valence-electron chi connectivity index (χ3n) is 4.08. The van der Waals surface area contributed by atoms with E-state index in [0.29, 0.717) is 13.1 Å². The number of benzene rings is 1. The average molecular weight is 308 g/mol.